The van der Waals surface area contributed by atoms with Gasteiger partial charge in [-0.15, -0.1) is 0 Å². The van der Waals surface area contributed by atoms with Crippen LogP contribution in [0, 0.1) is 17.8 Å². The van der Waals surface area contributed by atoms with E-state index in [-0.39, 0.29) is 6.10 Å². The molecule has 2 aliphatic carbocycles. The van der Waals surface area contributed by atoms with Crippen LogP contribution in [0.2, 0.25) is 0 Å². The van der Waals surface area contributed by atoms with Gasteiger partial charge in [0.2, 0.25) is 0 Å². The summed E-state index contributed by atoms with van der Waals surface area (Å²) in [7, 11) is 0. The van der Waals surface area contributed by atoms with Crippen molar-refractivity contribution in [1.29, 1.82) is 0 Å². The van der Waals surface area contributed by atoms with Crippen molar-refractivity contribution in [3.63, 3.8) is 0 Å². The minimum absolute atomic E-state index is 0.0663. The highest BCUT2D eigenvalue weighted by Crippen LogP contribution is 2.38. The molecule has 0 aromatic carbocycles. The van der Waals surface area contributed by atoms with Crippen molar-refractivity contribution in [3.05, 3.63) is 0 Å². The predicted molar refractivity (Wildman–Crippen MR) is 64.3 cm³/mol. The lowest BCUT2D eigenvalue weighted by Gasteiger charge is -2.28. The van der Waals surface area contributed by atoms with Gasteiger partial charge in [0.15, 0.2) is 5.78 Å². The first-order valence-electron chi connectivity index (χ1n) is 6.87. The van der Waals surface area contributed by atoms with Crippen LogP contribution in [0.3, 0.4) is 0 Å². The second kappa shape index (κ2) is 5.31. The zero-order chi connectivity index (χ0) is 11.5. The van der Waals surface area contributed by atoms with Crippen molar-refractivity contribution in [2.75, 3.05) is 6.61 Å². The van der Waals surface area contributed by atoms with Gasteiger partial charge in [-0.05, 0) is 44.4 Å². The van der Waals surface area contributed by atoms with Gasteiger partial charge in [0.25, 0.3) is 0 Å². The lowest BCUT2D eigenvalue weighted by atomic mass is 9.79. The van der Waals surface area contributed by atoms with E-state index in [2.05, 4.69) is 6.92 Å². The Morgan fingerprint density at radius 3 is 2.31 bits per heavy atom. The molecule has 0 amide bonds. The van der Waals surface area contributed by atoms with Crippen LogP contribution in [0.4, 0.5) is 0 Å². The number of rotatable bonds is 5. The van der Waals surface area contributed by atoms with E-state index < -0.39 is 0 Å². The summed E-state index contributed by atoms with van der Waals surface area (Å²) in [6.45, 7) is 4.96. The molecule has 0 radical (unpaired) electrons. The summed E-state index contributed by atoms with van der Waals surface area (Å²) in [6, 6.07) is 0. The Labute approximate surface area is 98.7 Å². The number of Topliss-reactive ketones (excluding diaryl/α,β-unsaturated/α-hetero) is 1. The smallest absolute Gasteiger partial charge is 0.164 e. The fourth-order valence-electron chi connectivity index (χ4n) is 2.81. The van der Waals surface area contributed by atoms with E-state index in [1.165, 1.54) is 25.7 Å². The maximum absolute atomic E-state index is 12.4. The molecule has 0 spiro atoms. The Morgan fingerprint density at radius 2 is 1.81 bits per heavy atom. The van der Waals surface area contributed by atoms with Crippen molar-refractivity contribution < 1.29 is 9.53 Å². The monoisotopic (exact) mass is 224 g/mol. The van der Waals surface area contributed by atoms with Gasteiger partial charge in [-0.3, -0.25) is 4.79 Å². The van der Waals surface area contributed by atoms with Crippen LogP contribution in [-0.4, -0.2) is 18.5 Å². The first-order chi connectivity index (χ1) is 7.72. The van der Waals surface area contributed by atoms with Crippen LogP contribution in [-0.2, 0) is 9.53 Å². The van der Waals surface area contributed by atoms with E-state index in [0.717, 1.165) is 18.8 Å². The molecule has 2 fully saturated rings. The average Bonchev–Trinajstić information content (AvgIpc) is 3.10. The van der Waals surface area contributed by atoms with Gasteiger partial charge in [-0.2, -0.15) is 0 Å². The van der Waals surface area contributed by atoms with Crippen LogP contribution in [0.5, 0.6) is 0 Å². The van der Waals surface area contributed by atoms with Crippen LogP contribution in [0.15, 0.2) is 0 Å². The van der Waals surface area contributed by atoms with Crippen molar-refractivity contribution >= 4 is 5.78 Å². The van der Waals surface area contributed by atoms with Crippen LogP contribution >= 0.6 is 0 Å². The van der Waals surface area contributed by atoms with Gasteiger partial charge < -0.3 is 4.74 Å². The van der Waals surface area contributed by atoms with Gasteiger partial charge in [0.1, 0.15) is 6.10 Å². The van der Waals surface area contributed by atoms with E-state index in [1.54, 1.807) is 0 Å². The fourth-order valence-corrected chi connectivity index (χ4v) is 2.81. The first-order valence-corrected chi connectivity index (χ1v) is 6.87. The molecule has 1 atom stereocenters. The number of ether oxygens (including phenoxy) is 1. The molecule has 2 rings (SSSR count). The quantitative estimate of drug-likeness (QED) is 0.717. The number of carbonyl (C=O) groups is 1. The van der Waals surface area contributed by atoms with Gasteiger partial charge >= 0.3 is 0 Å². The average molecular weight is 224 g/mol. The van der Waals surface area contributed by atoms with Crippen LogP contribution < -0.4 is 0 Å². The maximum Gasteiger partial charge on any atom is 0.164 e. The molecule has 0 heterocycles. The fraction of sp³-hybridized carbons (Fsp3) is 0.929. The second-order valence-electron chi connectivity index (χ2n) is 5.57. The molecule has 2 heteroatoms. The largest absolute Gasteiger partial charge is 0.370 e. The summed E-state index contributed by atoms with van der Waals surface area (Å²) in [6.07, 6.45) is 6.95. The molecule has 0 N–H and O–H groups in total. The molecule has 0 bridgehead atoms. The van der Waals surface area contributed by atoms with Crippen molar-refractivity contribution in [1.82, 2.24) is 0 Å². The highest BCUT2D eigenvalue weighted by atomic mass is 16.5. The normalized spacial score (nSPS) is 32.4. The predicted octanol–water partition coefficient (Wildman–Crippen LogP) is 3.20. The molecule has 2 saturated carbocycles. The van der Waals surface area contributed by atoms with Crippen molar-refractivity contribution in [2.24, 2.45) is 17.8 Å². The standard InChI is InChI=1S/C14H24O2/c1-3-16-14(12-8-9-12)13(15)11-6-4-10(2)5-7-11/h10-12,14H,3-9H2,1-2H3. The molecule has 16 heavy (non-hydrogen) atoms. The molecule has 0 aromatic heterocycles. The topological polar surface area (TPSA) is 26.3 Å². The Hall–Kier alpha value is -0.370. The number of hydrogen-bond acceptors (Lipinski definition) is 2. The molecule has 2 nitrogen and oxygen atoms in total. The van der Waals surface area contributed by atoms with Gasteiger partial charge in [0.05, 0.1) is 0 Å². The Balaban J connectivity index is 1.88. The molecular weight excluding hydrogens is 200 g/mol. The summed E-state index contributed by atoms with van der Waals surface area (Å²) in [5, 5.41) is 0. The SMILES string of the molecule is CCOC(C(=O)C1CCC(C)CC1)C1CC1. The van der Waals surface area contributed by atoms with Crippen LogP contribution in [0.1, 0.15) is 52.4 Å². The zero-order valence-electron chi connectivity index (χ0n) is 10.6. The Bertz CT molecular complexity index is 237. The van der Waals surface area contributed by atoms with Crippen molar-refractivity contribution in [2.45, 2.75) is 58.5 Å². The summed E-state index contributed by atoms with van der Waals surface area (Å²) in [5.74, 6) is 2.08. The van der Waals surface area contributed by atoms with Gasteiger partial charge in [0, 0.05) is 12.5 Å². The molecule has 92 valence electrons. The first kappa shape index (κ1) is 12.1. The lowest BCUT2D eigenvalue weighted by molar-refractivity contribution is -0.137. The van der Waals surface area contributed by atoms with Crippen LogP contribution in [0.25, 0.3) is 0 Å². The third-order valence-corrected chi connectivity index (χ3v) is 4.10. The highest BCUT2D eigenvalue weighted by molar-refractivity contribution is 5.86. The van der Waals surface area contributed by atoms with E-state index in [4.69, 9.17) is 4.74 Å². The number of carbonyl (C=O) groups excluding carboxylic acids is 1. The summed E-state index contributed by atoms with van der Waals surface area (Å²) >= 11 is 0. The number of hydrogen-bond donors (Lipinski definition) is 0. The minimum atomic E-state index is -0.0663. The van der Waals surface area contributed by atoms with E-state index in [0.29, 0.717) is 24.2 Å². The molecular formula is C14H24O2. The molecule has 0 aromatic rings. The Morgan fingerprint density at radius 1 is 1.19 bits per heavy atom. The van der Waals surface area contributed by atoms with E-state index in [1.807, 2.05) is 6.92 Å². The van der Waals surface area contributed by atoms with E-state index >= 15 is 0 Å². The third kappa shape index (κ3) is 2.85. The zero-order valence-corrected chi connectivity index (χ0v) is 10.6. The molecule has 1 unspecified atom stereocenters. The van der Waals surface area contributed by atoms with E-state index in [9.17, 15) is 4.79 Å². The minimum Gasteiger partial charge on any atom is -0.370 e. The highest BCUT2D eigenvalue weighted by Gasteiger charge is 2.40. The summed E-state index contributed by atoms with van der Waals surface area (Å²) < 4.78 is 5.66. The number of ketones is 1. The summed E-state index contributed by atoms with van der Waals surface area (Å²) in [5.41, 5.74) is 0. The molecule has 0 aliphatic heterocycles. The Kier molecular flexibility index (Phi) is 4.01. The maximum atomic E-state index is 12.4. The second-order valence-corrected chi connectivity index (χ2v) is 5.57. The van der Waals surface area contributed by atoms with Gasteiger partial charge in [-0.25, -0.2) is 0 Å². The molecule has 2 aliphatic rings. The third-order valence-electron chi connectivity index (χ3n) is 4.10. The van der Waals surface area contributed by atoms with Gasteiger partial charge in [-0.1, -0.05) is 19.8 Å². The van der Waals surface area contributed by atoms with Crippen molar-refractivity contribution in [3.8, 4) is 0 Å². The lowest BCUT2D eigenvalue weighted by Crippen LogP contribution is -2.34. The summed E-state index contributed by atoms with van der Waals surface area (Å²) in [4.78, 5) is 12.4. The molecule has 0 saturated heterocycles.